The first-order valence-corrected chi connectivity index (χ1v) is 13.9. The van der Waals surface area contributed by atoms with Crippen molar-refractivity contribution >= 4 is 52.3 Å². The maximum atomic E-state index is 11.1. The fourth-order valence-electron chi connectivity index (χ4n) is 4.03. The molecule has 0 atom stereocenters. The van der Waals surface area contributed by atoms with Crippen LogP contribution in [0, 0.1) is 0 Å². The number of benzene rings is 3. The summed E-state index contributed by atoms with van der Waals surface area (Å²) in [5.41, 5.74) is 4.97. The number of halogens is 2. The molecule has 0 aliphatic carbocycles. The molecule has 5 rings (SSSR count). The number of hydrogen-bond donors (Lipinski definition) is 1. The summed E-state index contributed by atoms with van der Waals surface area (Å²) in [5, 5.41) is 11.2. The van der Waals surface area contributed by atoms with Crippen LogP contribution in [0.15, 0.2) is 103 Å². The van der Waals surface area contributed by atoms with Crippen LogP contribution in [0.1, 0.15) is 31.4 Å². The lowest BCUT2D eigenvalue weighted by atomic mass is 9.96. The topological polar surface area (TPSA) is 62.9 Å². The average Bonchev–Trinajstić information content (AvgIpc) is 2.89. The van der Waals surface area contributed by atoms with Crippen LogP contribution in [-0.4, -0.2) is 37.3 Å². The molecule has 0 radical (unpaired) electrons. The van der Waals surface area contributed by atoms with Gasteiger partial charge in [0.25, 0.3) is 0 Å². The molecular weight excluding hydrogens is 565 g/mol. The van der Waals surface area contributed by atoms with Gasteiger partial charge in [-0.25, -0.2) is 4.79 Å². The second-order valence-electron chi connectivity index (χ2n) is 9.65. The van der Waals surface area contributed by atoms with Crippen molar-refractivity contribution in [2.24, 2.45) is 0 Å². The molecule has 1 aromatic heterocycles. The second-order valence-corrected chi connectivity index (χ2v) is 11.2. The van der Waals surface area contributed by atoms with Crippen molar-refractivity contribution in [3.8, 4) is 11.5 Å². The molecule has 8 heteroatoms. The highest BCUT2D eigenvalue weighted by Gasteiger charge is 2.20. The molecule has 3 aromatic carbocycles. The van der Waals surface area contributed by atoms with Gasteiger partial charge in [0.15, 0.2) is 11.5 Å². The van der Waals surface area contributed by atoms with Crippen molar-refractivity contribution in [3.05, 3.63) is 111 Å². The van der Waals surface area contributed by atoms with Crippen molar-refractivity contribution in [2.45, 2.75) is 30.1 Å². The van der Waals surface area contributed by atoms with Gasteiger partial charge in [-0.15, -0.1) is 12.4 Å². The largest absolute Gasteiger partial charge is 0.504 e. The molecule has 0 amide bonds. The smallest absolute Gasteiger partial charge is 0.336 e. The molecule has 5 nitrogen and oxygen atoms in total. The highest BCUT2D eigenvalue weighted by Crippen LogP contribution is 2.46. The molecule has 2 heterocycles. The maximum Gasteiger partial charge on any atom is 0.336 e. The first kappa shape index (κ1) is 31.4. The van der Waals surface area contributed by atoms with Crippen LogP contribution in [0.2, 0.25) is 5.02 Å². The van der Waals surface area contributed by atoms with Crippen LogP contribution < -0.4 is 10.4 Å². The van der Waals surface area contributed by atoms with Gasteiger partial charge in [0.05, 0.1) is 0 Å². The van der Waals surface area contributed by atoms with E-state index in [1.54, 1.807) is 6.07 Å². The number of ether oxygens (including phenoxy) is 1. The number of fused-ring (bicyclic) bond motifs is 3. The minimum atomic E-state index is -0.427. The van der Waals surface area contributed by atoms with Gasteiger partial charge < -0.3 is 19.2 Å². The summed E-state index contributed by atoms with van der Waals surface area (Å²) in [6.45, 7) is 5.33. The third kappa shape index (κ3) is 8.18. The van der Waals surface area contributed by atoms with Crippen molar-refractivity contribution in [1.29, 1.82) is 0 Å². The summed E-state index contributed by atoms with van der Waals surface area (Å²) in [5.74, 6) is 0.327. The standard InChI is InChI=1S/C18H18ClNS.C14H14O4.ClH/c1-20(2)11-5-7-14-15-6-3-4-8-17(15)21-18-10-9-13(19)12-16(14)18;1-9(2)5-6-17-13-8-12-10(7-11(13)15)3-4-14(16)18-12;/h3-4,6-10,12H,5,11H2,1-2H3;3-5,7-8,15H,6H2,1-2H3;1H. The SMILES string of the molecule is CC(C)=CCOc1cc2oc(=O)ccc2cc1O.CN(C)CCC=C1c2ccccc2Sc2ccc(Cl)cc21.Cl. The molecule has 0 spiro atoms. The first-order chi connectivity index (χ1) is 18.7. The third-order valence-electron chi connectivity index (χ3n) is 5.99. The van der Waals surface area contributed by atoms with Gasteiger partial charge >= 0.3 is 5.63 Å². The van der Waals surface area contributed by atoms with Crippen molar-refractivity contribution in [2.75, 3.05) is 27.2 Å². The minimum absolute atomic E-state index is 0. The predicted octanol–water partition coefficient (Wildman–Crippen LogP) is 8.45. The second kappa shape index (κ2) is 14.5. The molecule has 0 fully saturated rings. The van der Waals surface area contributed by atoms with E-state index < -0.39 is 5.63 Å². The summed E-state index contributed by atoms with van der Waals surface area (Å²) in [4.78, 5) is 15.9. The monoisotopic (exact) mass is 597 g/mol. The Kier molecular flexibility index (Phi) is 11.3. The summed E-state index contributed by atoms with van der Waals surface area (Å²) in [7, 11) is 4.21. The Morgan fingerprint density at radius 2 is 1.77 bits per heavy atom. The Labute approximate surface area is 250 Å². The quantitative estimate of drug-likeness (QED) is 0.156. The van der Waals surface area contributed by atoms with E-state index in [0.717, 1.165) is 23.6 Å². The maximum absolute atomic E-state index is 11.1. The third-order valence-corrected chi connectivity index (χ3v) is 7.37. The first-order valence-electron chi connectivity index (χ1n) is 12.7. The molecule has 40 heavy (non-hydrogen) atoms. The average molecular weight is 599 g/mol. The minimum Gasteiger partial charge on any atom is -0.504 e. The van der Waals surface area contributed by atoms with Crippen LogP contribution >= 0.6 is 35.8 Å². The number of allylic oxidation sites excluding steroid dienone is 1. The zero-order chi connectivity index (χ0) is 27.9. The molecule has 1 aliphatic heterocycles. The highest BCUT2D eigenvalue weighted by atomic mass is 35.5. The van der Waals surface area contributed by atoms with Gasteiger partial charge in [0.2, 0.25) is 0 Å². The molecule has 1 N–H and O–H groups in total. The van der Waals surface area contributed by atoms with Crippen molar-refractivity contribution in [3.63, 3.8) is 0 Å². The number of phenols is 1. The number of hydrogen-bond acceptors (Lipinski definition) is 6. The fourth-order valence-corrected chi connectivity index (χ4v) is 5.29. The molecular formula is C32H33Cl2NO4S. The Hall–Kier alpha value is -3.16. The van der Waals surface area contributed by atoms with Gasteiger partial charge in [-0.1, -0.05) is 53.2 Å². The summed E-state index contributed by atoms with van der Waals surface area (Å²) in [6.07, 6.45) is 5.27. The number of aromatic hydroxyl groups is 1. The number of rotatable bonds is 6. The van der Waals surface area contributed by atoms with Crippen LogP contribution in [-0.2, 0) is 0 Å². The summed E-state index contributed by atoms with van der Waals surface area (Å²) < 4.78 is 10.4. The van der Waals surface area contributed by atoms with E-state index in [9.17, 15) is 9.90 Å². The Bertz CT molecular complexity index is 1590. The van der Waals surface area contributed by atoms with Crippen LogP contribution in [0.25, 0.3) is 16.5 Å². The fraction of sp³-hybridized carbons (Fsp3) is 0.219. The zero-order valence-electron chi connectivity index (χ0n) is 22.9. The van der Waals surface area contributed by atoms with Crippen molar-refractivity contribution < 1.29 is 14.3 Å². The highest BCUT2D eigenvalue weighted by molar-refractivity contribution is 7.99. The van der Waals surface area contributed by atoms with E-state index >= 15 is 0 Å². The van der Waals surface area contributed by atoms with Gasteiger partial charge in [-0.2, -0.15) is 0 Å². The van der Waals surface area contributed by atoms with Crippen LogP contribution in [0.4, 0.5) is 0 Å². The van der Waals surface area contributed by atoms with Gasteiger partial charge in [-0.3, -0.25) is 0 Å². The van der Waals surface area contributed by atoms with E-state index in [1.807, 2.05) is 37.8 Å². The van der Waals surface area contributed by atoms with Gasteiger partial charge in [0.1, 0.15) is 12.2 Å². The molecule has 0 saturated carbocycles. The number of phenolic OH excluding ortho intramolecular Hbond substituents is 1. The lowest BCUT2D eigenvalue weighted by Crippen LogP contribution is -2.12. The molecule has 0 bridgehead atoms. The van der Waals surface area contributed by atoms with Gasteiger partial charge in [0, 0.05) is 38.9 Å². The van der Waals surface area contributed by atoms with E-state index in [-0.39, 0.29) is 18.2 Å². The zero-order valence-corrected chi connectivity index (χ0v) is 25.3. The predicted molar refractivity (Wildman–Crippen MR) is 169 cm³/mol. The van der Waals surface area contributed by atoms with Crippen LogP contribution in [0.5, 0.6) is 11.5 Å². The Morgan fingerprint density at radius 1 is 1.02 bits per heavy atom. The summed E-state index contributed by atoms with van der Waals surface area (Å²) >= 11 is 8.03. The molecule has 0 saturated heterocycles. The molecule has 210 valence electrons. The summed E-state index contributed by atoms with van der Waals surface area (Å²) in [6, 6.07) is 20.7. The van der Waals surface area contributed by atoms with Crippen LogP contribution in [0.3, 0.4) is 0 Å². The van der Waals surface area contributed by atoms with E-state index in [1.165, 1.54) is 44.7 Å². The lowest BCUT2D eigenvalue weighted by Gasteiger charge is -2.22. The molecule has 4 aromatic rings. The molecule has 1 aliphatic rings. The Morgan fingerprint density at radius 3 is 2.52 bits per heavy atom. The molecule has 0 unspecified atom stereocenters. The van der Waals surface area contributed by atoms with E-state index in [4.69, 9.17) is 20.8 Å². The normalized spacial score (nSPS) is 12.6. The van der Waals surface area contributed by atoms with Crippen molar-refractivity contribution in [1.82, 2.24) is 4.90 Å². The van der Waals surface area contributed by atoms with E-state index in [0.29, 0.717) is 23.3 Å². The van der Waals surface area contributed by atoms with Gasteiger partial charge in [-0.05, 0) is 93.5 Å². The van der Waals surface area contributed by atoms with E-state index in [2.05, 4.69) is 61.5 Å². The Balaban J connectivity index is 0.000000218. The lowest BCUT2D eigenvalue weighted by molar-refractivity contribution is 0.335. The number of nitrogens with zero attached hydrogens (tertiary/aromatic N) is 1.